The topological polar surface area (TPSA) is 106 Å². The Balaban J connectivity index is 2.45. The molecule has 6 nitrogen and oxygen atoms in total. The van der Waals surface area contributed by atoms with Crippen molar-refractivity contribution >= 4 is 11.9 Å². The van der Waals surface area contributed by atoms with E-state index in [0.717, 1.165) is 0 Å². The fourth-order valence-corrected chi connectivity index (χ4v) is 2.06. The lowest BCUT2D eigenvalue weighted by Crippen LogP contribution is -2.54. The van der Waals surface area contributed by atoms with E-state index < -0.39 is 23.3 Å². The highest BCUT2D eigenvalue weighted by Crippen LogP contribution is 2.39. The van der Waals surface area contributed by atoms with Gasteiger partial charge in [0.15, 0.2) is 0 Å². The van der Waals surface area contributed by atoms with Crippen molar-refractivity contribution in [2.75, 3.05) is 0 Å². The van der Waals surface area contributed by atoms with Crippen LogP contribution in [0.25, 0.3) is 0 Å². The van der Waals surface area contributed by atoms with Crippen LogP contribution in [-0.2, 0) is 22.4 Å². The maximum Gasteiger partial charge on any atom is 0.140 e. The molecule has 1 aromatic rings. The summed E-state index contributed by atoms with van der Waals surface area (Å²) in [6.45, 7) is 1.33. The molecule has 1 aliphatic carbocycles. The molecule has 2 atom stereocenters. The van der Waals surface area contributed by atoms with Crippen molar-refractivity contribution in [3.05, 3.63) is 17.5 Å². The van der Waals surface area contributed by atoms with Crippen LogP contribution in [0.15, 0.2) is 10.7 Å². The molecule has 1 aliphatic rings. The third-order valence-corrected chi connectivity index (χ3v) is 3.20. The van der Waals surface area contributed by atoms with Crippen molar-refractivity contribution in [3.63, 3.8) is 0 Å². The number of carboxylic acids is 2. The van der Waals surface area contributed by atoms with E-state index in [4.69, 9.17) is 4.52 Å². The fraction of sp³-hybridized carbons (Fsp3) is 0.500. The Hall–Kier alpha value is -1.85. The average Bonchev–Trinajstić information content (AvgIpc) is 2.62. The van der Waals surface area contributed by atoms with Gasteiger partial charge in [0.25, 0.3) is 0 Å². The summed E-state index contributed by atoms with van der Waals surface area (Å²) in [5.41, 5.74) is -0.890. The third-order valence-electron chi connectivity index (χ3n) is 3.20. The number of aliphatic carboxylic acids is 2. The highest BCUT2D eigenvalue weighted by Gasteiger charge is 2.42. The van der Waals surface area contributed by atoms with Gasteiger partial charge in [-0.1, -0.05) is 12.1 Å². The van der Waals surface area contributed by atoms with Gasteiger partial charge in [-0.15, -0.1) is 0 Å². The molecule has 6 heteroatoms. The molecule has 0 spiro atoms. The summed E-state index contributed by atoms with van der Waals surface area (Å²) in [6, 6.07) is 0. The van der Waals surface area contributed by atoms with Crippen LogP contribution in [0, 0.1) is 11.3 Å². The number of carboxylic acid groups (broad SMARTS) is 2. The van der Waals surface area contributed by atoms with Crippen LogP contribution in [0.5, 0.6) is 0 Å². The Morgan fingerprint density at radius 1 is 1.56 bits per heavy atom. The van der Waals surface area contributed by atoms with Gasteiger partial charge in [-0.2, -0.15) is 0 Å². The van der Waals surface area contributed by atoms with E-state index >= 15 is 0 Å². The lowest BCUT2D eigenvalue weighted by Gasteiger charge is -2.41. The van der Waals surface area contributed by atoms with Crippen molar-refractivity contribution in [2.45, 2.75) is 19.8 Å². The highest BCUT2D eigenvalue weighted by molar-refractivity contribution is 5.82. The lowest BCUT2D eigenvalue weighted by molar-refractivity contribution is -0.335. The molecule has 1 heterocycles. The summed E-state index contributed by atoms with van der Waals surface area (Å²) in [5.74, 6) is -3.52. The first-order chi connectivity index (χ1) is 7.45. The molecule has 0 bridgehead atoms. The standard InChI is InChI=1S/C10H11NO5/c1-10(9(14)15)3-7-5(4-11-16-7)2-6(10)8(12)13/h4,6H,2-3H2,1H3,(H,12,13)(H,14,15)/p-2/t6-,10+/m1/s1. The van der Waals surface area contributed by atoms with Gasteiger partial charge in [0.2, 0.25) is 0 Å². The largest absolute Gasteiger partial charge is 0.550 e. The Morgan fingerprint density at radius 3 is 2.81 bits per heavy atom. The predicted octanol–water partition coefficient (Wildman–Crippen LogP) is -2.10. The molecule has 0 radical (unpaired) electrons. The SMILES string of the molecule is C[C@]1(C(=O)[O-])Cc2oncc2C[C@@H]1C(=O)[O-]. The summed E-state index contributed by atoms with van der Waals surface area (Å²) in [6.07, 6.45) is 1.41. The van der Waals surface area contributed by atoms with E-state index in [1.807, 2.05) is 0 Å². The smallest absolute Gasteiger partial charge is 0.140 e. The van der Waals surface area contributed by atoms with Crippen LogP contribution in [0.1, 0.15) is 18.2 Å². The van der Waals surface area contributed by atoms with E-state index in [2.05, 4.69) is 5.16 Å². The minimum atomic E-state index is -1.51. The van der Waals surface area contributed by atoms with Crippen LogP contribution < -0.4 is 10.2 Å². The Labute approximate surface area is 90.9 Å². The molecule has 0 saturated carbocycles. The number of nitrogens with zero attached hydrogens (tertiary/aromatic N) is 1. The van der Waals surface area contributed by atoms with Crippen molar-refractivity contribution in [3.8, 4) is 0 Å². The Morgan fingerprint density at radius 2 is 2.25 bits per heavy atom. The van der Waals surface area contributed by atoms with Gasteiger partial charge in [-0.25, -0.2) is 0 Å². The van der Waals surface area contributed by atoms with E-state index in [1.165, 1.54) is 13.1 Å². The number of aromatic nitrogens is 1. The second kappa shape index (κ2) is 3.33. The third kappa shape index (κ3) is 1.37. The molecular formula is C10H9NO5-2. The molecule has 0 fully saturated rings. The number of carbonyl (C=O) groups is 2. The highest BCUT2D eigenvalue weighted by atomic mass is 16.5. The summed E-state index contributed by atoms with van der Waals surface area (Å²) >= 11 is 0. The van der Waals surface area contributed by atoms with Gasteiger partial charge in [0.05, 0.1) is 6.20 Å². The first-order valence-corrected chi connectivity index (χ1v) is 4.80. The molecule has 1 aromatic heterocycles. The summed E-state index contributed by atoms with van der Waals surface area (Å²) in [5, 5.41) is 25.5. The average molecular weight is 223 g/mol. The monoisotopic (exact) mass is 223 g/mol. The van der Waals surface area contributed by atoms with Gasteiger partial charge in [-0.3, -0.25) is 0 Å². The molecule has 16 heavy (non-hydrogen) atoms. The predicted molar refractivity (Wildman–Crippen MR) is 45.5 cm³/mol. The normalized spacial score (nSPS) is 28.4. The van der Waals surface area contributed by atoms with Crippen molar-refractivity contribution in [1.29, 1.82) is 0 Å². The summed E-state index contributed by atoms with van der Waals surface area (Å²) < 4.78 is 4.88. The molecule has 0 N–H and O–H groups in total. The molecule has 2 rings (SSSR count). The molecule has 0 unspecified atom stereocenters. The number of hydrogen-bond acceptors (Lipinski definition) is 6. The second-order valence-electron chi connectivity index (χ2n) is 4.23. The zero-order valence-electron chi connectivity index (χ0n) is 8.56. The maximum atomic E-state index is 11.1. The van der Waals surface area contributed by atoms with Crippen LogP contribution in [-0.4, -0.2) is 17.1 Å². The van der Waals surface area contributed by atoms with Crippen molar-refractivity contribution in [2.24, 2.45) is 11.3 Å². The van der Waals surface area contributed by atoms with E-state index in [-0.39, 0.29) is 12.8 Å². The van der Waals surface area contributed by atoms with E-state index in [0.29, 0.717) is 11.3 Å². The first kappa shape index (κ1) is 10.7. The van der Waals surface area contributed by atoms with Crippen LogP contribution in [0.4, 0.5) is 0 Å². The maximum absolute atomic E-state index is 11.1. The molecule has 0 amide bonds. The number of hydrogen-bond donors (Lipinski definition) is 0. The second-order valence-corrected chi connectivity index (χ2v) is 4.23. The van der Waals surface area contributed by atoms with Gasteiger partial charge in [0.1, 0.15) is 5.76 Å². The molecule has 0 aliphatic heterocycles. The van der Waals surface area contributed by atoms with Crippen molar-refractivity contribution < 1.29 is 24.3 Å². The molecule has 0 aromatic carbocycles. The van der Waals surface area contributed by atoms with Crippen LogP contribution >= 0.6 is 0 Å². The molecule has 86 valence electrons. The van der Waals surface area contributed by atoms with Gasteiger partial charge in [0, 0.05) is 35.3 Å². The van der Waals surface area contributed by atoms with Crippen molar-refractivity contribution in [1.82, 2.24) is 5.16 Å². The Kier molecular flexibility index (Phi) is 2.22. The first-order valence-electron chi connectivity index (χ1n) is 4.80. The van der Waals surface area contributed by atoms with Gasteiger partial charge < -0.3 is 24.3 Å². The minimum Gasteiger partial charge on any atom is -0.550 e. The summed E-state index contributed by atoms with van der Waals surface area (Å²) in [4.78, 5) is 22.0. The van der Waals surface area contributed by atoms with E-state index in [9.17, 15) is 19.8 Å². The van der Waals surface area contributed by atoms with Crippen LogP contribution in [0.2, 0.25) is 0 Å². The van der Waals surface area contributed by atoms with Gasteiger partial charge >= 0.3 is 0 Å². The quantitative estimate of drug-likeness (QED) is 0.568. The van der Waals surface area contributed by atoms with E-state index in [1.54, 1.807) is 0 Å². The minimum absolute atomic E-state index is 0.0384. The fourth-order valence-electron chi connectivity index (χ4n) is 2.06. The Bertz CT molecular complexity index is 452. The number of fused-ring (bicyclic) bond motifs is 1. The van der Waals surface area contributed by atoms with Crippen LogP contribution in [0.3, 0.4) is 0 Å². The number of carbonyl (C=O) groups excluding carboxylic acids is 2. The number of rotatable bonds is 2. The molecule has 0 saturated heterocycles. The molecular weight excluding hydrogens is 214 g/mol. The zero-order chi connectivity index (χ0) is 11.9. The van der Waals surface area contributed by atoms with Gasteiger partial charge in [-0.05, 0) is 6.42 Å². The zero-order valence-corrected chi connectivity index (χ0v) is 8.56. The lowest BCUT2D eigenvalue weighted by atomic mass is 9.67. The summed E-state index contributed by atoms with van der Waals surface area (Å²) in [7, 11) is 0.